The molecule has 0 bridgehead atoms. The number of nitrogens with one attached hydrogen (secondary N) is 1. The minimum atomic E-state index is -0.366. The summed E-state index contributed by atoms with van der Waals surface area (Å²) >= 11 is 0. The summed E-state index contributed by atoms with van der Waals surface area (Å²) in [5.41, 5.74) is 1.28. The van der Waals surface area contributed by atoms with E-state index in [1.807, 2.05) is 12.1 Å². The quantitative estimate of drug-likeness (QED) is 0.406. The maximum atomic E-state index is 10.5. The van der Waals surface area contributed by atoms with Crippen LogP contribution in [0.25, 0.3) is 0 Å². The summed E-state index contributed by atoms with van der Waals surface area (Å²) in [6.07, 6.45) is 2.06. The molecule has 1 aromatic carbocycles. The minimum absolute atomic E-state index is 0.154. The van der Waals surface area contributed by atoms with E-state index in [0.29, 0.717) is 0 Å². The second kappa shape index (κ2) is 9.44. The highest BCUT2D eigenvalue weighted by Crippen LogP contribution is 2.11. The summed E-state index contributed by atoms with van der Waals surface area (Å²) in [4.78, 5) is 12.6. The number of benzene rings is 1. The van der Waals surface area contributed by atoms with Gasteiger partial charge in [-0.25, -0.2) is 0 Å². The first-order valence-electron chi connectivity index (χ1n) is 7.33. The average Bonchev–Trinajstić information content (AvgIpc) is 2.47. The topological polar surface area (TPSA) is 58.4 Å². The molecule has 0 saturated heterocycles. The van der Waals surface area contributed by atoms with Crippen LogP contribution in [0.5, 0.6) is 0 Å². The van der Waals surface area contributed by atoms with Crippen molar-refractivity contribution in [2.24, 2.45) is 0 Å². The molecule has 0 aliphatic rings. The summed E-state index contributed by atoms with van der Waals surface area (Å²) in [5, 5.41) is 14.0. The largest absolute Gasteiger partial charge is 0.316 e. The third-order valence-electron chi connectivity index (χ3n) is 3.46. The lowest BCUT2D eigenvalue weighted by Gasteiger charge is -2.17. The van der Waals surface area contributed by atoms with E-state index in [4.69, 9.17) is 0 Å². The molecule has 0 heterocycles. The molecule has 0 aliphatic carbocycles. The Bertz CT molecular complexity index is 389. The van der Waals surface area contributed by atoms with Crippen LogP contribution in [-0.4, -0.2) is 42.5 Å². The molecular formula is C15H25N3O2. The number of rotatable bonds is 10. The Morgan fingerprint density at radius 2 is 1.80 bits per heavy atom. The van der Waals surface area contributed by atoms with E-state index in [-0.39, 0.29) is 10.6 Å². The van der Waals surface area contributed by atoms with Crippen molar-refractivity contribution in [2.75, 3.05) is 32.7 Å². The van der Waals surface area contributed by atoms with Gasteiger partial charge in [-0.2, -0.15) is 0 Å². The lowest BCUT2D eigenvalue weighted by Crippen LogP contribution is -2.27. The Kier molecular flexibility index (Phi) is 7.84. The highest BCUT2D eigenvalue weighted by molar-refractivity contribution is 5.32. The summed E-state index contributed by atoms with van der Waals surface area (Å²) in [6, 6.07) is 6.79. The van der Waals surface area contributed by atoms with E-state index in [2.05, 4.69) is 24.1 Å². The maximum absolute atomic E-state index is 10.5. The first kappa shape index (κ1) is 16.6. The molecule has 0 aliphatic heterocycles. The molecule has 0 fully saturated rings. The van der Waals surface area contributed by atoms with Gasteiger partial charge in [0.05, 0.1) is 4.92 Å². The van der Waals surface area contributed by atoms with Gasteiger partial charge in [0.2, 0.25) is 0 Å². The SMILES string of the molecule is CCN(CC)CCCNCCc1ccc([N+](=O)[O-])cc1. The fourth-order valence-corrected chi connectivity index (χ4v) is 2.11. The molecule has 0 unspecified atom stereocenters. The fraction of sp³-hybridized carbons (Fsp3) is 0.600. The van der Waals surface area contributed by atoms with E-state index >= 15 is 0 Å². The molecule has 1 rings (SSSR count). The summed E-state index contributed by atoms with van der Waals surface area (Å²) < 4.78 is 0. The predicted octanol–water partition coefficient (Wildman–Crippen LogP) is 2.46. The number of nitro benzene ring substituents is 1. The van der Waals surface area contributed by atoms with Crippen LogP contribution >= 0.6 is 0 Å². The molecule has 0 amide bonds. The third-order valence-corrected chi connectivity index (χ3v) is 3.46. The highest BCUT2D eigenvalue weighted by atomic mass is 16.6. The first-order chi connectivity index (χ1) is 9.67. The van der Waals surface area contributed by atoms with Crippen molar-refractivity contribution in [3.05, 3.63) is 39.9 Å². The summed E-state index contributed by atoms with van der Waals surface area (Å²) in [6.45, 7) is 9.66. The Balaban J connectivity index is 2.13. The van der Waals surface area contributed by atoms with E-state index in [9.17, 15) is 10.1 Å². The number of hydrogen-bond acceptors (Lipinski definition) is 4. The van der Waals surface area contributed by atoms with Crippen LogP contribution < -0.4 is 5.32 Å². The Hall–Kier alpha value is -1.46. The molecule has 0 aromatic heterocycles. The standard InChI is InChI=1S/C15H25N3O2/c1-3-17(4-2)13-5-11-16-12-10-14-6-8-15(9-7-14)18(19)20/h6-9,16H,3-5,10-13H2,1-2H3. The molecule has 0 radical (unpaired) electrons. The molecule has 1 aromatic rings. The first-order valence-corrected chi connectivity index (χ1v) is 7.33. The molecule has 0 atom stereocenters. The van der Waals surface area contributed by atoms with E-state index in [1.54, 1.807) is 12.1 Å². The molecule has 0 spiro atoms. The highest BCUT2D eigenvalue weighted by Gasteiger charge is 2.03. The van der Waals surface area contributed by atoms with Crippen molar-refractivity contribution in [1.29, 1.82) is 0 Å². The van der Waals surface area contributed by atoms with Crippen LogP contribution in [0.4, 0.5) is 5.69 Å². The maximum Gasteiger partial charge on any atom is 0.269 e. The number of nitro groups is 1. The number of hydrogen-bond donors (Lipinski definition) is 1. The molecule has 1 N–H and O–H groups in total. The fourth-order valence-electron chi connectivity index (χ4n) is 2.11. The van der Waals surface area contributed by atoms with Gasteiger partial charge in [0.15, 0.2) is 0 Å². The van der Waals surface area contributed by atoms with E-state index < -0.39 is 0 Å². The van der Waals surface area contributed by atoms with Crippen molar-refractivity contribution >= 4 is 5.69 Å². The molecule has 20 heavy (non-hydrogen) atoms. The minimum Gasteiger partial charge on any atom is -0.316 e. The van der Waals surface area contributed by atoms with Crippen LogP contribution in [0.3, 0.4) is 0 Å². The van der Waals surface area contributed by atoms with E-state index in [0.717, 1.165) is 51.1 Å². The van der Waals surface area contributed by atoms with Gasteiger partial charge in [-0.15, -0.1) is 0 Å². The van der Waals surface area contributed by atoms with Crippen molar-refractivity contribution in [3.8, 4) is 0 Å². The summed E-state index contributed by atoms with van der Waals surface area (Å²) in [5.74, 6) is 0. The Morgan fingerprint density at radius 1 is 1.15 bits per heavy atom. The molecule has 0 saturated carbocycles. The van der Waals surface area contributed by atoms with Crippen LogP contribution in [-0.2, 0) is 6.42 Å². The zero-order valence-electron chi connectivity index (χ0n) is 12.5. The third kappa shape index (κ3) is 6.12. The van der Waals surface area contributed by atoms with Crippen LogP contribution in [0.2, 0.25) is 0 Å². The summed E-state index contributed by atoms with van der Waals surface area (Å²) in [7, 11) is 0. The predicted molar refractivity (Wildman–Crippen MR) is 82.1 cm³/mol. The average molecular weight is 279 g/mol. The Morgan fingerprint density at radius 3 is 2.35 bits per heavy atom. The van der Waals surface area contributed by atoms with Gasteiger partial charge in [-0.05, 0) is 51.1 Å². The number of non-ortho nitro benzene ring substituents is 1. The zero-order valence-corrected chi connectivity index (χ0v) is 12.5. The molecule has 5 heteroatoms. The van der Waals surface area contributed by atoms with Gasteiger partial charge in [0, 0.05) is 12.1 Å². The molecule has 112 valence electrons. The van der Waals surface area contributed by atoms with Crippen molar-refractivity contribution in [3.63, 3.8) is 0 Å². The normalized spacial score (nSPS) is 10.9. The van der Waals surface area contributed by atoms with Gasteiger partial charge in [0.25, 0.3) is 5.69 Å². The molecular weight excluding hydrogens is 254 g/mol. The zero-order chi connectivity index (χ0) is 14.8. The van der Waals surface area contributed by atoms with Gasteiger partial charge >= 0.3 is 0 Å². The van der Waals surface area contributed by atoms with Crippen molar-refractivity contribution < 1.29 is 4.92 Å². The van der Waals surface area contributed by atoms with E-state index in [1.165, 1.54) is 0 Å². The number of nitrogens with zero attached hydrogens (tertiary/aromatic N) is 2. The van der Waals surface area contributed by atoms with Crippen molar-refractivity contribution in [1.82, 2.24) is 10.2 Å². The van der Waals surface area contributed by atoms with Gasteiger partial charge in [-0.1, -0.05) is 26.0 Å². The molecule has 5 nitrogen and oxygen atoms in total. The van der Waals surface area contributed by atoms with Crippen LogP contribution in [0.1, 0.15) is 25.8 Å². The monoisotopic (exact) mass is 279 g/mol. The van der Waals surface area contributed by atoms with Gasteiger partial charge in [-0.3, -0.25) is 10.1 Å². The smallest absolute Gasteiger partial charge is 0.269 e. The van der Waals surface area contributed by atoms with Gasteiger partial charge < -0.3 is 10.2 Å². The lowest BCUT2D eigenvalue weighted by molar-refractivity contribution is -0.384. The second-order valence-electron chi connectivity index (χ2n) is 4.80. The lowest BCUT2D eigenvalue weighted by atomic mass is 10.1. The second-order valence-corrected chi connectivity index (χ2v) is 4.80. The van der Waals surface area contributed by atoms with Crippen LogP contribution in [0.15, 0.2) is 24.3 Å². The van der Waals surface area contributed by atoms with Crippen molar-refractivity contribution in [2.45, 2.75) is 26.7 Å². The van der Waals surface area contributed by atoms with Crippen LogP contribution in [0, 0.1) is 10.1 Å². The Labute approximate surface area is 121 Å². The van der Waals surface area contributed by atoms with Gasteiger partial charge in [0.1, 0.15) is 0 Å².